The molecule has 32 heavy (non-hydrogen) atoms. The number of hydrogen-bond donors (Lipinski definition) is 0. The third-order valence-electron chi connectivity index (χ3n) is 8.31. The zero-order chi connectivity index (χ0) is 21.7. The molecule has 5 nitrogen and oxygen atoms in total. The number of hydrogen-bond acceptors (Lipinski definition) is 4. The molecule has 0 N–H and O–H groups in total. The Morgan fingerprint density at radius 2 is 1.56 bits per heavy atom. The first-order chi connectivity index (χ1) is 15.6. The number of ether oxygens (including phenoxy) is 1. The molecule has 5 aliphatic rings. The molecule has 170 valence electrons. The van der Waals surface area contributed by atoms with E-state index in [1.165, 1.54) is 38.5 Å². The zero-order valence-electron chi connectivity index (χ0n) is 18.5. The molecular formula is C26H31BrN2O3. The molecule has 7 rings (SSSR count). The molecule has 2 aromatic rings. The van der Waals surface area contributed by atoms with E-state index in [0.29, 0.717) is 23.7 Å². The second-order valence-corrected chi connectivity index (χ2v) is 11.3. The molecule has 1 amide bonds. The van der Waals surface area contributed by atoms with Gasteiger partial charge in [0.05, 0.1) is 0 Å². The fraction of sp³-hybridized carbons (Fsp3) is 0.577. The lowest BCUT2D eigenvalue weighted by Gasteiger charge is -2.61. The maximum Gasteiger partial charge on any atom is 0.289 e. The van der Waals surface area contributed by atoms with Crippen LogP contribution in [0.5, 0.6) is 5.75 Å². The summed E-state index contributed by atoms with van der Waals surface area (Å²) in [6.45, 7) is 3.91. The first-order valence-corrected chi connectivity index (χ1v) is 12.9. The average molecular weight is 499 g/mol. The molecule has 2 heterocycles. The first-order valence-electron chi connectivity index (χ1n) is 12.1. The normalized spacial score (nSPS) is 31.8. The highest BCUT2D eigenvalue weighted by molar-refractivity contribution is 9.10. The van der Waals surface area contributed by atoms with Gasteiger partial charge in [0.15, 0.2) is 5.76 Å². The summed E-state index contributed by atoms with van der Waals surface area (Å²) >= 11 is 3.42. The first kappa shape index (κ1) is 20.8. The Hall–Kier alpha value is -1.79. The van der Waals surface area contributed by atoms with E-state index >= 15 is 0 Å². The summed E-state index contributed by atoms with van der Waals surface area (Å²) in [6, 6.07) is 11.3. The predicted octanol–water partition coefficient (Wildman–Crippen LogP) is 5.35. The van der Waals surface area contributed by atoms with Crippen LogP contribution in [0.2, 0.25) is 0 Å². The minimum atomic E-state index is 0.00468. The molecule has 0 unspecified atom stereocenters. The highest BCUT2D eigenvalue weighted by Crippen LogP contribution is 2.57. The zero-order valence-corrected chi connectivity index (χ0v) is 20.1. The summed E-state index contributed by atoms with van der Waals surface area (Å²) in [6.07, 6.45) is 8.62. The van der Waals surface area contributed by atoms with E-state index in [1.807, 2.05) is 35.2 Å². The van der Waals surface area contributed by atoms with Crippen LogP contribution in [0.1, 0.15) is 54.8 Å². The Kier molecular flexibility index (Phi) is 5.33. The number of benzene rings is 1. The Bertz CT molecular complexity index is 942. The largest absolute Gasteiger partial charge is 0.486 e. The van der Waals surface area contributed by atoms with Crippen molar-refractivity contribution in [1.82, 2.24) is 9.80 Å². The molecule has 0 spiro atoms. The van der Waals surface area contributed by atoms with Gasteiger partial charge >= 0.3 is 0 Å². The summed E-state index contributed by atoms with van der Waals surface area (Å²) in [4.78, 5) is 17.8. The van der Waals surface area contributed by atoms with Gasteiger partial charge in [-0.2, -0.15) is 0 Å². The van der Waals surface area contributed by atoms with Gasteiger partial charge < -0.3 is 14.1 Å². The quantitative estimate of drug-likeness (QED) is 0.557. The van der Waals surface area contributed by atoms with Crippen molar-refractivity contribution in [2.45, 2.75) is 50.7 Å². The maximum absolute atomic E-state index is 13.0. The van der Waals surface area contributed by atoms with Crippen molar-refractivity contribution in [3.05, 3.63) is 52.4 Å². The van der Waals surface area contributed by atoms with Crippen molar-refractivity contribution in [2.24, 2.45) is 17.8 Å². The third-order valence-corrected chi connectivity index (χ3v) is 8.84. The molecule has 1 aromatic carbocycles. The van der Waals surface area contributed by atoms with Gasteiger partial charge in [0.2, 0.25) is 0 Å². The lowest BCUT2D eigenvalue weighted by atomic mass is 9.52. The van der Waals surface area contributed by atoms with Crippen molar-refractivity contribution in [3.63, 3.8) is 0 Å². The van der Waals surface area contributed by atoms with Gasteiger partial charge in [-0.15, -0.1) is 0 Å². The Balaban J connectivity index is 1.04. The fourth-order valence-electron chi connectivity index (χ4n) is 7.25. The van der Waals surface area contributed by atoms with E-state index in [9.17, 15) is 4.79 Å². The number of carbonyl (C=O) groups is 1. The number of halogens is 1. The average Bonchev–Trinajstić information content (AvgIpc) is 3.27. The van der Waals surface area contributed by atoms with E-state index in [0.717, 1.165) is 54.2 Å². The van der Waals surface area contributed by atoms with Crippen LogP contribution in [0.25, 0.3) is 0 Å². The van der Waals surface area contributed by atoms with Crippen LogP contribution in [-0.4, -0.2) is 47.4 Å². The Morgan fingerprint density at radius 1 is 0.938 bits per heavy atom. The van der Waals surface area contributed by atoms with Crippen LogP contribution in [-0.2, 0) is 6.61 Å². The van der Waals surface area contributed by atoms with Crippen LogP contribution >= 0.6 is 15.9 Å². The van der Waals surface area contributed by atoms with Crippen LogP contribution in [0.4, 0.5) is 0 Å². The Morgan fingerprint density at radius 3 is 2.19 bits per heavy atom. The number of furan rings is 1. The van der Waals surface area contributed by atoms with Gasteiger partial charge in [-0.25, -0.2) is 0 Å². The second-order valence-electron chi connectivity index (χ2n) is 10.4. The molecule has 4 aliphatic carbocycles. The minimum Gasteiger partial charge on any atom is -0.486 e. The number of piperazine rings is 1. The van der Waals surface area contributed by atoms with Crippen LogP contribution in [0.3, 0.4) is 0 Å². The molecular weight excluding hydrogens is 468 g/mol. The molecule has 4 bridgehead atoms. The second kappa shape index (κ2) is 8.21. The van der Waals surface area contributed by atoms with E-state index in [-0.39, 0.29) is 5.91 Å². The number of rotatable bonds is 5. The smallest absolute Gasteiger partial charge is 0.289 e. The molecule has 5 fully saturated rings. The molecule has 4 saturated carbocycles. The molecule has 1 saturated heterocycles. The van der Waals surface area contributed by atoms with Crippen molar-refractivity contribution in [2.75, 3.05) is 26.2 Å². The van der Waals surface area contributed by atoms with Gasteiger partial charge in [0.1, 0.15) is 18.1 Å². The van der Waals surface area contributed by atoms with Crippen molar-refractivity contribution >= 4 is 21.8 Å². The summed E-state index contributed by atoms with van der Waals surface area (Å²) in [5.74, 6) is 4.75. The van der Waals surface area contributed by atoms with Gasteiger partial charge in [0, 0.05) is 36.2 Å². The summed E-state index contributed by atoms with van der Waals surface area (Å²) in [5, 5.41) is 0. The topological polar surface area (TPSA) is 45.9 Å². The van der Waals surface area contributed by atoms with Gasteiger partial charge in [0.25, 0.3) is 5.91 Å². The Labute approximate surface area is 198 Å². The van der Waals surface area contributed by atoms with Crippen molar-refractivity contribution in [1.29, 1.82) is 0 Å². The third kappa shape index (κ3) is 3.90. The summed E-state index contributed by atoms with van der Waals surface area (Å²) in [5.41, 5.74) is 0.437. The number of carbonyl (C=O) groups excluding carboxylic acids is 1. The lowest BCUT2D eigenvalue weighted by molar-refractivity contribution is -0.0988. The van der Waals surface area contributed by atoms with Crippen molar-refractivity contribution < 1.29 is 13.9 Å². The molecule has 6 heteroatoms. The van der Waals surface area contributed by atoms with Crippen LogP contribution < -0.4 is 4.74 Å². The lowest BCUT2D eigenvalue weighted by Crippen LogP contribution is -2.64. The fourth-order valence-corrected chi connectivity index (χ4v) is 7.51. The molecule has 1 aromatic heterocycles. The van der Waals surface area contributed by atoms with Gasteiger partial charge in [-0.1, -0.05) is 15.9 Å². The van der Waals surface area contributed by atoms with Crippen LogP contribution in [0.15, 0.2) is 45.3 Å². The number of nitrogens with zero attached hydrogens (tertiary/aromatic N) is 2. The van der Waals surface area contributed by atoms with E-state index < -0.39 is 0 Å². The highest BCUT2D eigenvalue weighted by Gasteiger charge is 2.53. The van der Waals surface area contributed by atoms with E-state index in [2.05, 4.69) is 20.8 Å². The van der Waals surface area contributed by atoms with Crippen LogP contribution in [0, 0.1) is 17.8 Å². The molecule has 1 aliphatic heterocycles. The molecule has 0 atom stereocenters. The number of amides is 1. The molecule has 0 radical (unpaired) electrons. The maximum atomic E-state index is 13.0. The van der Waals surface area contributed by atoms with Gasteiger partial charge in [-0.05, 0) is 92.7 Å². The SMILES string of the molecule is O=C(c1ccc(COc2ccc(Br)cc2)o1)N1CCN(C23CC4CC(CC(C4)C2)C3)CC1. The summed E-state index contributed by atoms with van der Waals surface area (Å²) in [7, 11) is 0. The standard InChI is InChI=1S/C26H31BrN2O3/c27-21-1-3-22(4-2-21)31-17-23-5-6-24(32-23)25(30)28-7-9-29(10-8-28)26-14-18-11-19(15-26)13-20(12-18)16-26/h1-6,18-20H,7-17H2. The van der Waals surface area contributed by atoms with E-state index in [1.54, 1.807) is 6.07 Å². The summed E-state index contributed by atoms with van der Waals surface area (Å²) < 4.78 is 12.6. The highest BCUT2D eigenvalue weighted by atomic mass is 79.9. The monoisotopic (exact) mass is 498 g/mol. The predicted molar refractivity (Wildman–Crippen MR) is 126 cm³/mol. The minimum absolute atomic E-state index is 0.00468. The van der Waals surface area contributed by atoms with E-state index in [4.69, 9.17) is 9.15 Å². The van der Waals surface area contributed by atoms with Crippen molar-refractivity contribution in [3.8, 4) is 5.75 Å². The van der Waals surface area contributed by atoms with Gasteiger partial charge in [-0.3, -0.25) is 9.69 Å².